The highest BCUT2D eigenvalue weighted by molar-refractivity contribution is 6.27. The average Bonchev–Trinajstić information content (AvgIpc) is 3.76. The van der Waals surface area contributed by atoms with Gasteiger partial charge in [0.25, 0.3) is 0 Å². The van der Waals surface area contributed by atoms with E-state index in [0.717, 1.165) is 11.1 Å². The van der Waals surface area contributed by atoms with E-state index in [0.29, 0.717) is 0 Å². The molecule has 0 aliphatic heterocycles. The van der Waals surface area contributed by atoms with Crippen molar-refractivity contribution < 1.29 is 0 Å². The molecular formula is C40H24N2. The van der Waals surface area contributed by atoms with Crippen molar-refractivity contribution in [2.75, 3.05) is 0 Å². The number of nitrogens with zero attached hydrogens (tertiary/aromatic N) is 2. The number of hydrogen-bond acceptors (Lipinski definition) is 0. The minimum Gasteiger partial charge on any atom is -0.308 e. The second kappa shape index (κ2) is 7.57. The first kappa shape index (κ1) is 22.1. The molecule has 0 aliphatic carbocycles. The summed E-state index contributed by atoms with van der Waals surface area (Å²) >= 11 is 0. The van der Waals surface area contributed by atoms with E-state index in [1.807, 2.05) is 12.2 Å². The molecule has 0 fully saturated rings. The fourth-order valence-electron chi connectivity index (χ4n) is 7.62. The van der Waals surface area contributed by atoms with Gasteiger partial charge in [-0.15, -0.1) is 0 Å². The average molecular weight is 533 g/mol. The van der Waals surface area contributed by atoms with Gasteiger partial charge in [0.15, 0.2) is 0 Å². The van der Waals surface area contributed by atoms with Crippen LogP contribution in [-0.4, -0.2) is 8.80 Å². The lowest BCUT2D eigenvalue weighted by molar-refractivity contribution is 1.37. The number of aromatic nitrogens is 2. The van der Waals surface area contributed by atoms with Crippen LogP contribution in [0.15, 0.2) is 122 Å². The van der Waals surface area contributed by atoms with E-state index in [4.69, 9.17) is 0 Å². The molecular weight excluding hydrogens is 508 g/mol. The Morgan fingerprint density at radius 3 is 1.19 bits per heavy atom. The van der Waals surface area contributed by atoms with E-state index in [9.17, 15) is 0 Å². The van der Waals surface area contributed by atoms with E-state index in [2.05, 4.69) is 131 Å². The summed E-state index contributed by atoms with van der Waals surface area (Å²) in [6.07, 6.45) is 3.88. The predicted octanol–water partition coefficient (Wildman–Crippen LogP) is 10.9. The molecule has 10 aromatic rings. The number of rotatable bonds is 3. The third-order valence-electron chi connectivity index (χ3n) is 9.45. The number of hydrogen-bond donors (Lipinski definition) is 0. The van der Waals surface area contributed by atoms with Crippen molar-refractivity contribution >= 4 is 88.3 Å². The fourth-order valence-corrected chi connectivity index (χ4v) is 7.62. The molecule has 0 amide bonds. The number of fused-ring (bicyclic) bond motifs is 12. The molecule has 0 bridgehead atoms. The minimum absolute atomic E-state index is 1.14. The predicted molar refractivity (Wildman–Crippen MR) is 181 cm³/mol. The lowest BCUT2D eigenvalue weighted by Crippen LogP contribution is -1.81. The van der Waals surface area contributed by atoms with Gasteiger partial charge in [-0.25, -0.2) is 0 Å². The van der Waals surface area contributed by atoms with Crippen LogP contribution in [0.1, 0.15) is 11.1 Å². The second-order valence-electron chi connectivity index (χ2n) is 11.5. The maximum atomic E-state index is 4.05. The summed E-state index contributed by atoms with van der Waals surface area (Å²) in [4.78, 5) is 0. The first-order chi connectivity index (χ1) is 20.7. The van der Waals surface area contributed by atoms with Crippen molar-refractivity contribution in [3.05, 3.63) is 133 Å². The van der Waals surface area contributed by atoms with Crippen LogP contribution in [0.3, 0.4) is 0 Å². The Hall–Kier alpha value is -5.60. The van der Waals surface area contributed by atoms with Crippen LogP contribution in [-0.2, 0) is 0 Å². The van der Waals surface area contributed by atoms with Gasteiger partial charge in [-0.2, -0.15) is 0 Å². The molecule has 0 radical (unpaired) electrons. The van der Waals surface area contributed by atoms with E-state index in [-0.39, 0.29) is 0 Å². The molecule has 0 atom stereocenters. The number of benzene rings is 6. The molecule has 0 N–H and O–H groups in total. The molecule has 10 rings (SSSR count). The standard InChI is InChI=1S/C40H24N2/c1-3-23-13-15-37-29(17-23)33-21-25(19-31-27-9-5-7-11-35(27)41(37)39(31)33)26-20-32-28-10-6-8-12-36(28)42-38-16-14-24(4-2)18-30(38)34(22-26)40(32)42/h3-22H,1-2H2. The molecule has 4 aromatic heterocycles. The zero-order valence-electron chi connectivity index (χ0n) is 22.9. The topological polar surface area (TPSA) is 8.82 Å². The van der Waals surface area contributed by atoms with E-state index >= 15 is 0 Å². The van der Waals surface area contributed by atoms with E-state index in [1.165, 1.54) is 87.3 Å². The van der Waals surface area contributed by atoms with Gasteiger partial charge < -0.3 is 8.80 Å². The van der Waals surface area contributed by atoms with Crippen molar-refractivity contribution in [2.24, 2.45) is 0 Å². The smallest absolute Gasteiger partial charge is 0.0620 e. The Kier molecular flexibility index (Phi) is 3.99. The first-order valence-electron chi connectivity index (χ1n) is 14.4. The molecule has 0 unspecified atom stereocenters. The quantitative estimate of drug-likeness (QED) is 0.214. The summed E-state index contributed by atoms with van der Waals surface area (Å²) in [5.74, 6) is 0. The zero-order valence-corrected chi connectivity index (χ0v) is 22.9. The van der Waals surface area contributed by atoms with Crippen LogP contribution in [0.2, 0.25) is 0 Å². The molecule has 2 heteroatoms. The van der Waals surface area contributed by atoms with Crippen molar-refractivity contribution in [3.63, 3.8) is 0 Å². The molecule has 194 valence electrons. The number of para-hydroxylation sites is 2. The maximum Gasteiger partial charge on any atom is 0.0620 e. The lowest BCUT2D eigenvalue weighted by atomic mass is 9.96. The van der Waals surface area contributed by atoms with Crippen LogP contribution < -0.4 is 0 Å². The van der Waals surface area contributed by atoms with Crippen molar-refractivity contribution in [1.82, 2.24) is 8.80 Å². The first-order valence-corrected chi connectivity index (χ1v) is 14.4. The highest BCUT2D eigenvalue weighted by Crippen LogP contribution is 2.45. The highest BCUT2D eigenvalue weighted by Gasteiger charge is 2.22. The van der Waals surface area contributed by atoms with Gasteiger partial charge in [0, 0.05) is 43.1 Å². The second-order valence-corrected chi connectivity index (χ2v) is 11.5. The summed E-state index contributed by atoms with van der Waals surface area (Å²) in [6, 6.07) is 40.6. The molecule has 0 spiro atoms. The summed E-state index contributed by atoms with van der Waals surface area (Å²) in [7, 11) is 0. The Morgan fingerprint density at radius 2 is 0.762 bits per heavy atom. The van der Waals surface area contributed by atoms with E-state index < -0.39 is 0 Å². The minimum atomic E-state index is 1.14. The Labute approximate surface area is 241 Å². The normalized spacial score (nSPS) is 12.5. The summed E-state index contributed by atoms with van der Waals surface area (Å²) in [5.41, 5.74) is 12.3. The molecule has 0 saturated carbocycles. The van der Waals surface area contributed by atoms with Crippen molar-refractivity contribution in [2.45, 2.75) is 0 Å². The lowest BCUT2D eigenvalue weighted by Gasteiger charge is -2.07. The van der Waals surface area contributed by atoms with Crippen LogP contribution >= 0.6 is 0 Å². The Balaban J connectivity index is 1.39. The van der Waals surface area contributed by atoms with E-state index in [1.54, 1.807) is 0 Å². The van der Waals surface area contributed by atoms with Gasteiger partial charge in [-0.05, 0) is 82.9 Å². The summed E-state index contributed by atoms with van der Waals surface area (Å²) in [6.45, 7) is 8.09. The summed E-state index contributed by atoms with van der Waals surface area (Å²) < 4.78 is 4.88. The third kappa shape index (κ3) is 2.56. The monoisotopic (exact) mass is 532 g/mol. The highest BCUT2D eigenvalue weighted by atomic mass is 14.9. The van der Waals surface area contributed by atoms with Gasteiger partial charge >= 0.3 is 0 Å². The molecule has 6 aromatic carbocycles. The molecule has 0 aliphatic rings. The molecule has 2 nitrogen and oxygen atoms in total. The SMILES string of the molecule is C=Cc1ccc2c(c1)c1cc(-c3cc4c5ccccc5n5c6ccc(C=C)cc6c(c3)c45)cc3c4ccccc4n2c31. The van der Waals surface area contributed by atoms with Crippen LogP contribution in [0.5, 0.6) is 0 Å². The third-order valence-corrected chi connectivity index (χ3v) is 9.45. The van der Waals surface area contributed by atoms with Gasteiger partial charge in [0.2, 0.25) is 0 Å². The zero-order chi connectivity index (χ0) is 27.7. The molecule has 42 heavy (non-hydrogen) atoms. The summed E-state index contributed by atoms with van der Waals surface area (Å²) in [5, 5.41) is 10.3. The largest absolute Gasteiger partial charge is 0.308 e. The van der Waals surface area contributed by atoms with Gasteiger partial charge in [-0.1, -0.05) is 73.8 Å². The van der Waals surface area contributed by atoms with Crippen LogP contribution in [0, 0.1) is 0 Å². The van der Waals surface area contributed by atoms with Crippen LogP contribution in [0.4, 0.5) is 0 Å². The molecule has 0 saturated heterocycles. The Morgan fingerprint density at radius 1 is 0.381 bits per heavy atom. The van der Waals surface area contributed by atoms with Gasteiger partial charge in [-0.3, -0.25) is 0 Å². The molecule has 4 heterocycles. The Bertz CT molecular complexity index is 2570. The maximum absolute atomic E-state index is 4.05. The van der Waals surface area contributed by atoms with Crippen molar-refractivity contribution in [1.29, 1.82) is 0 Å². The fraction of sp³-hybridized carbons (Fsp3) is 0. The van der Waals surface area contributed by atoms with Crippen LogP contribution in [0.25, 0.3) is 99.5 Å². The van der Waals surface area contributed by atoms with Crippen molar-refractivity contribution in [3.8, 4) is 11.1 Å². The van der Waals surface area contributed by atoms with Gasteiger partial charge in [0.05, 0.1) is 33.1 Å². The van der Waals surface area contributed by atoms with Gasteiger partial charge in [0.1, 0.15) is 0 Å².